The predicted molar refractivity (Wildman–Crippen MR) is 114 cm³/mol. The van der Waals surface area contributed by atoms with Crippen LogP contribution in [0.1, 0.15) is 53.4 Å². The molecule has 1 aliphatic carbocycles. The van der Waals surface area contributed by atoms with Crippen LogP contribution in [-0.2, 0) is 11.3 Å². The normalized spacial score (nSPS) is 17.3. The summed E-state index contributed by atoms with van der Waals surface area (Å²) < 4.78 is 12.1. The van der Waals surface area contributed by atoms with Crippen molar-refractivity contribution in [2.24, 2.45) is 0 Å². The van der Waals surface area contributed by atoms with E-state index in [1.165, 1.54) is 5.56 Å². The number of hydrogen-bond donors (Lipinski definition) is 0. The number of likely N-dealkylation sites (tertiary alicyclic amines) is 1. The molecule has 3 aromatic rings. The van der Waals surface area contributed by atoms with Crippen LogP contribution in [-0.4, -0.2) is 35.0 Å². The van der Waals surface area contributed by atoms with Crippen molar-refractivity contribution >= 4 is 5.91 Å². The third-order valence-electron chi connectivity index (χ3n) is 5.88. The second kappa shape index (κ2) is 8.44. The molecule has 154 valence electrons. The Morgan fingerprint density at radius 1 is 0.967 bits per heavy atom. The third-order valence-corrected chi connectivity index (χ3v) is 5.88. The van der Waals surface area contributed by atoms with E-state index in [4.69, 9.17) is 9.15 Å². The Balaban J connectivity index is 1.24. The minimum Gasteiger partial charge on any atom is -0.440 e. The molecular weight excluding hydrogens is 376 g/mol. The van der Waals surface area contributed by atoms with Crippen LogP contribution in [0.25, 0.3) is 11.5 Å². The summed E-state index contributed by atoms with van der Waals surface area (Å²) in [5, 5.41) is 0. The molecule has 5 heteroatoms. The van der Waals surface area contributed by atoms with E-state index in [9.17, 15) is 4.79 Å². The van der Waals surface area contributed by atoms with Crippen molar-refractivity contribution in [1.29, 1.82) is 0 Å². The summed E-state index contributed by atoms with van der Waals surface area (Å²) >= 11 is 0. The van der Waals surface area contributed by atoms with Gasteiger partial charge in [-0.1, -0.05) is 48.5 Å². The number of rotatable bonds is 6. The molecule has 1 saturated carbocycles. The number of oxazole rings is 1. The second-order valence-electron chi connectivity index (χ2n) is 8.16. The molecule has 5 rings (SSSR count). The Kier molecular flexibility index (Phi) is 5.37. The average Bonchev–Trinajstić information content (AvgIpc) is 3.57. The van der Waals surface area contributed by atoms with Crippen molar-refractivity contribution in [3.63, 3.8) is 0 Å². The number of aromatic nitrogens is 1. The van der Waals surface area contributed by atoms with E-state index in [0.717, 1.165) is 37.0 Å². The molecule has 0 atom stereocenters. The quantitative estimate of drug-likeness (QED) is 0.580. The highest BCUT2D eigenvalue weighted by atomic mass is 16.5. The zero-order valence-electron chi connectivity index (χ0n) is 17.0. The van der Waals surface area contributed by atoms with Gasteiger partial charge < -0.3 is 14.1 Å². The fraction of sp³-hybridized carbons (Fsp3) is 0.360. The van der Waals surface area contributed by atoms with Gasteiger partial charge in [-0.3, -0.25) is 4.79 Å². The van der Waals surface area contributed by atoms with Crippen molar-refractivity contribution in [3.05, 3.63) is 77.7 Å². The van der Waals surface area contributed by atoms with E-state index in [-0.39, 0.29) is 12.0 Å². The molecule has 0 unspecified atom stereocenters. The number of hydrogen-bond acceptors (Lipinski definition) is 4. The number of ether oxygens (including phenoxy) is 1. The highest BCUT2D eigenvalue weighted by Crippen LogP contribution is 2.43. The fourth-order valence-electron chi connectivity index (χ4n) is 3.98. The molecule has 1 aromatic heterocycles. The molecule has 5 nitrogen and oxygen atoms in total. The largest absolute Gasteiger partial charge is 0.440 e. The van der Waals surface area contributed by atoms with Gasteiger partial charge in [-0.15, -0.1) is 0 Å². The van der Waals surface area contributed by atoms with Crippen molar-refractivity contribution in [2.75, 3.05) is 13.1 Å². The molecule has 2 aromatic carbocycles. The minimum atomic E-state index is -0.00987. The van der Waals surface area contributed by atoms with E-state index < -0.39 is 0 Å². The number of amides is 1. The average molecular weight is 402 g/mol. The SMILES string of the molecule is O=C(c1nc(-c2ccccc2)oc1C1CC1)N1CCC(OCc2ccccc2)CC1. The monoisotopic (exact) mass is 402 g/mol. The second-order valence-corrected chi connectivity index (χ2v) is 8.16. The molecule has 2 aliphatic rings. The highest BCUT2D eigenvalue weighted by Gasteiger charge is 2.36. The zero-order valence-corrected chi connectivity index (χ0v) is 17.0. The number of nitrogens with zero attached hydrogens (tertiary/aromatic N) is 2. The van der Waals surface area contributed by atoms with Gasteiger partial charge in [0.15, 0.2) is 5.69 Å². The van der Waals surface area contributed by atoms with Crippen molar-refractivity contribution in [2.45, 2.75) is 44.3 Å². The lowest BCUT2D eigenvalue weighted by molar-refractivity contribution is -0.000539. The minimum absolute atomic E-state index is 0.00987. The summed E-state index contributed by atoms with van der Waals surface area (Å²) in [5.74, 6) is 1.63. The Labute approximate surface area is 176 Å². The standard InChI is InChI=1S/C25H26N2O3/c28-25(27-15-13-21(14-16-27)29-17-18-7-3-1-4-8-18)22-23(19-11-12-19)30-24(26-22)20-9-5-2-6-10-20/h1-10,19,21H,11-17H2. The maximum absolute atomic E-state index is 13.2. The van der Waals surface area contributed by atoms with Gasteiger partial charge in [-0.05, 0) is 43.4 Å². The Morgan fingerprint density at radius 3 is 2.30 bits per heavy atom. The maximum Gasteiger partial charge on any atom is 0.276 e. The lowest BCUT2D eigenvalue weighted by Crippen LogP contribution is -2.41. The van der Waals surface area contributed by atoms with Gasteiger partial charge in [-0.2, -0.15) is 0 Å². The lowest BCUT2D eigenvalue weighted by atomic mass is 10.1. The van der Waals surface area contributed by atoms with Crippen LogP contribution in [0.15, 0.2) is 65.1 Å². The van der Waals surface area contributed by atoms with E-state index in [1.807, 2.05) is 53.4 Å². The zero-order chi connectivity index (χ0) is 20.3. The van der Waals surface area contributed by atoms with E-state index in [1.54, 1.807) is 0 Å². The molecule has 0 N–H and O–H groups in total. The first-order valence-electron chi connectivity index (χ1n) is 10.8. The van der Waals surface area contributed by atoms with Gasteiger partial charge in [0.05, 0.1) is 12.7 Å². The van der Waals surface area contributed by atoms with Crippen molar-refractivity contribution in [3.8, 4) is 11.5 Å². The van der Waals surface area contributed by atoms with Crippen LogP contribution >= 0.6 is 0 Å². The van der Waals surface area contributed by atoms with E-state index in [2.05, 4.69) is 17.1 Å². The predicted octanol–water partition coefficient (Wildman–Crippen LogP) is 5.04. The number of carbonyl (C=O) groups excluding carboxylic acids is 1. The van der Waals surface area contributed by atoms with Gasteiger partial charge in [0, 0.05) is 24.6 Å². The van der Waals surface area contributed by atoms with Gasteiger partial charge in [0.2, 0.25) is 5.89 Å². The first-order chi connectivity index (χ1) is 14.8. The molecule has 2 heterocycles. The molecule has 0 bridgehead atoms. The fourth-order valence-corrected chi connectivity index (χ4v) is 3.98. The van der Waals surface area contributed by atoms with Gasteiger partial charge in [0.1, 0.15) is 5.76 Å². The van der Waals surface area contributed by atoms with Crippen molar-refractivity contribution in [1.82, 2.24) is 9.88 Å². The van der Waals surface area contributed by atoms with E-state index >= 15 is 0 Å². The summed E-state index contributed by atoms with van der Waals surface area (Å²) in [4.78, 5) is 19.8. The number of benzene rings is 2. The molecule has 1 saturated heterocycles. The van der Waals surface area contributed by atoms with Gasteiger partial charge in [0.25, 0.3) is 5.91 Å². The molecule has 30 heavy (non-hydrogen) atoms. The molecule has 1 aliphatic heterocycles. The summed E-state index contributed by atoms with van der Waals surface area (Å²) in [6.07, 6.45) is 4.02. The Morgan fingerprint density at radius 2 is 1.63 bits per heavy atom. The molecular formula is C25H26N2O3. The van der Waals surface area contributed by atoms with Gasteiger partial charge >= 0.3 is 0 Å². The van der Waals surface area contributed by atoms with Crippen LogP contribution in [0.5, 0.6) is 0 Å². The topological polar surface area (TPSA) is 55.6 Å². The van der Waals surface area contributed by atoms with Crippen LogP contribution in [0, 0.1) is 0 Å². The first-order valence-corrected chi connectivity index (χ1v) is 10.8. The smallest absolute Gasteiger partial charge is 0.276 e. The molecule has 2 fully saturated rings. The van der Waals surface area contributed by atoms with Crippen LogP contribution < -0.4 is 0 Å². The lowest BCUT2D eigenvalue weighted by Gasteiger charge is -2.31. The Bertz CT molecular complexity index is 988. The van der Waals surface area contributed by atoms with Crippen LogP contribution in [0.4, 0.5) is 0 Å². The maximum atomic E-state index is 13.2. The number of piperidine rings is 1. The van der Waals surface area contributed by atoms with Crippen molar-refractivity contribution < 1.29 is 13.9 Å². The Hall–Kier alpha value is -2.92. The third kappa shape index (κ3) is 4.17. The summed E-state index contributed by atoms with van der Waals surface area (Å²) in [6.45, 7) is 2.00. The highest BCUT2D eigenvalue weighted by molar-refractivity contribution is 5.94. The first kappa shape index (κ1) is 19.1. The summed E-state index contributed by atoms with van der Waals surface area (Å²) in [6, 6.07) is 20.0. The summed E-state index contributed by atoms with van der Waals surface area (Å²) in [7, 11) is 0. The number of carbonyl (C=O) groups is 1. The van der Waals surface area contributed by atoms with Crippen LogP contribution in [0.2, 0.25) is 0 Å². The molecule has 1 amide bonds. The summed E-state index contributed by atoms with van der Waals surface area (Å²) in [5.41, 5.74) is 2.59. The van der Waals surface area contributed by atoms with E-state index in [0.29, 0.717) is 37.2 Å². The molecule has 0 spiro atoms. The van der Waals surface area contributed by atoms with Gasteiger partial charge in [-0.25, -0.2) is 4.98 Å². The van der Waals surface area contributed by atoms with Crippen LogP contribution in [0.3, 0.4) is 0 Å². The molecule has 0 radical (unpaired) electrons.